The minimum absolute atomic E-state index is 0.0216. The molecule has 0 saturated heterocycles. The quantitative estimate of drug-likeness (QED) is 0.750. The molecule has 1 aliphatic carbocycles. The predicted octanol–water partition coefficient (Wildman–Crippen LogP) is 2.29. The third-order valence-electron chi connectivity index (χ3n) is 4.00. The van der Waals surface area contributed by atoms with Crippen molar-refractivity contribution in [3.63, 3.8) is 0 Å². The SMILES string of the molecule is Cc1ccc(Cl)cc1NC(=O)C1CC1C(=O)NCCCN(C)C. The Hall–Kier alpha value is -1.59. The smallest absolute Gasteiger partial charge is 0.228 e. The van der Waals surface area contributed by atoms with Crippen LogP contribution in [0.1, 0.15) is 18.4 Å². The molecule has 2 rings (SSSR count). The van der Waals surface area contributed by atoms with Gasteiger partial charge in [0.25, 0.3) is 0 Å². The molecule has 0 spiro atoms. The van der Waals surface area contributed by atoms with Gasteiger partial charge in [0.05, 0.1) is 11.8 Å². The fraction of sp³-hybridized carbons (Fsp3) is 0.529. The first kappa shape index (κ1) is 17.8. The van der Waals surface area contributed by atoms with Crippen LogP contribution in [0.2, 0.25) is 5.02 Å². The molecule has 1 aliphatic rings. The molecule has 1 aromatic carbocycles. The highest BCUT2D eigenvalue weighted by atomic mass is 35.5. The topological polar surface area (TPSA) is 61.4 Å². The first-order chi connectivity index (χ1) is 10.9. The van der Waals surface area contributed by atoms with Crippen molar-refractivity contribution in [2.24, 2.45) is 11.8 Å². The van der Waals surface area contributed by atoms with E-state index in [9.17, 15) is 9.59 Å². The summed E-state index contributed by atoms with van der Waals surface area (Å²) in [6.07, 6.45) is 1.52. The average molecular weight is 338 g/mol. The van der Waals surface area contributed by atoms with E-state index in [0.717, 1.165) is 18.5 Å². The third-order valence-corrected chi connectivity index (χ3v) is 4.24. The lowest BCUT2D eigenvalue weighted by Crippen LogP contribution is -2.30. The van der Waals surface area contributed by atoms with E-state index in [-0.39, 0.29) is 23.7 Å². The van der Waals surface area contributed by atoms with E-state index in [1.807, 2.05) is 27.1 Å². The van der Waals surface area contributed by atoms with Crippen molar-refractivity contribution >= 4 is 29.1 Å². The number of hydrogen-bond donors (Lipinski definition) is 2. The fourth-order valence-corrected chi connectivity index (χ4v) is 2.64. The minimum atomic E-state index is -0.234. The Morgan fingerprint density at radius 3 is 2.65 bits per heavy atom. The maximum absolute atomic E-state index is 12.2. The maximum atomic E-state index is 12.2. The van der Waals surface area contributed by atoms with Crippen LogP contribution in [0.15, 0.2) is 18.2 Å². The van der Waals surface area contributed by atoms with E-state index in [4.69, 9.17) is 11.6 Å². The summed E-state index contributed by atoms with van der Waals surface area (Å²) in [6.45, 7) is 3.49. The lowest BCUT2D eigenvalue weighted by molar-refractivity contribution is -0.125. The molecular formula is C17H24ClN3O2. The zero-order chi connectivity index (χ0) is 17.0. The number of benzene rings is 1. The molecule has 2 atom stereocenters. The normalized spacial score (nSPS) is 19.5. The Morgan fingerprint density at radius 1 is 1.26 bits per heavy atom. The third kappa shape index (κ3) is 5.22. The molecule has 1 aromatic rings. The largest absolute Gasteiger partial charge is 0.356 e. The lowest BCUT2D eigenvalue weighted by Gasteiger charge is -2.10. The molecule has 0 heterocycles. The summed E-state index contributed by atoms with van der Waals surface area (Å²) in [4.78, 5) is 26.3. The lowest BCUT2D eigenvalue weighted by atomic mass is 10.2. The van der Waals surface area contributed by atoms with E-state index in [1.165, 1.54) is 0 Å². The molecule has 5 nitrogen and oxygen atoms in total. The van der Waals surface area contributed by atoms with Crippen molar-refractivity contribution in [2.75, 3.05) is 32.5 Å². The standard InChI is InChI=1S/C17H24ClN3O2/c1-11-5-6-12(18)9-15(11)20-17(23)14-10-13(14)16(22)19-7-4-8-21(2)3/h5-6,9,13-14H,4,7-8,10H2,1-3H3,(H,19,22)(H,20,23). The summed E-state index contributed by atoms with van der Waals surface area (Å²) in [5.41, 5.74) is 1.66. The molecular weight excluding hydrogens is 314 g/mol. The number of carbonyl (C=O) groups is 2. The molecule has 0 aliphatic heterocycles. The van der Waals surface area contributed by atoms with Crippen LogP contribution in [-0.2, 0) is 9.59 Å². The number of nitrogens with one attached hydrogen (secondary N) is 2. The van der Waals surface area contributed by atoms with Gasteiger partial charge in [-0.2, -0.15) is 0 Å². The monoisotopic (exact) mass is 337 g/mol. The zero-order valence-electron chi connectivity index (χ0n) is 13.9. The number of hydrogen-bond acceptors (Lipinski definition) is 3. The van der Waals surface area contributed by atoms with Gasteiger partial charge in [0.1, 0.15) is 0 Å². The van der Waals surface area contributed by atoms with Gasteiger partial charge in [-0.25, -0.2) is 0 Å². The number of halogens is 1. The Balaban J connectivity index is 1.77. The maximum Gasteiger partial charge on any atom is 0.228 e. The van der Waals surface area contributed by atoms with E-state index in [1.54, 1.807) is 12.1 Å². The fourth-order valence-electron chi connectivity index (χ4n) is 2.47. The highest BCUT2D eigenvalue weighted by molar-refractivity contribution is 6.31. The van der Waals surface area contributed by atoms with Crippen LogP contribution in [0, 0.1) is 18.8 Å². The highest BCUT2D eigenvalue weighted by Gasteiger charge is 2.47. The number of amides is 2. The number of aryl methyl sites for hydroxylation is 1. The minimum Gasteiger partial charge on any atom is -0.356 e. The Kier molecular flexibility index (Phi) is 6.02. The van der Waals surface area contributed by atoms with Crippen molar-refractivity contribution in [1.29, 1.82) is 0 Å². The van der Waals surface area contributed by atoms with Crippen molar-refractivity contribution in [3.8, 4) is 0 Å². The summed E-state index contributed by atoms with van der Waals surface area (Å²) in [5, 5.41) is 6.35. The number of anilines is 1. The molecule has 0 bridgehead atoms. The molecule has 0 radical (unpaired) electrons. The molecule has 1 fully saturated rings. The summed E-state index contributed by atoms with van der Waals surface area (Å²) >= 11 is 5.95. The Morgan fingerprint density at radius 2 is 1.96 bits per heavy atom. The summed E-state index contributed by atoms with van der Waals surface area (Å²) < 4.78 is 0. The van der Waals surface area contributed by atoms with Crippen molar-refractivity contribution in [3.05, 3.63) is 28.8 Å². The van der Waals surface area contributed by atoms with Gasteiger partial charge in [0.15, 0.2) is 0 Å². The molecule has 6 heteroatoms. The average Bonchev–Trinajstić information content (AvgIpc) is 3.27. The molecule has 2 N–H and O–H groups in total. The van der Waals surface area contributed by atoms with Crippen LogP contribution in [0.5, 0.6) is 0 Å². The Labute approximate surface area is 142 Å². The first-order valence-corrected chi connectivity index (χ1v) is 8.25. The molecule has 126 valence electrons. The van der Waals surface area contributed by atoms with E-state index < -0.39 is 0 Å². The first-order valence-electron chi connectivity index (χ1n) is 7.88. The number of rotatable bonds is 7. The molecule has 2 amide bonds. The predicted molar refractivity (Wildman–Crippen MR) is 92.6 cm³/mol. The van der Waals surface area contributed by atoms with Crippen LogP contribution in [0.25, 0.3) is 0 Å². The van der Waals surface area contributed by atoms with Gasteiger partial charge in [-0.3, -0.25) is 9.59 Å². The van der Waals surface area contributed by atoms with Crippen LogP contribution in [-0.4, -0.2) is 43.9 Å². The summed E-state index contributed by atoms with van der Waals surface area (Å²) in [5.74, 6) is -0.563. The molecule has 1 saturated carbocycles. The van der Waals surface area contributed by atoms with E-state index in [0.29, 0.717) is 23.7 Å². The van der Waals surface area contributed by atoms with Gasteiger partial charge in [-0.15, -0.1) is 0 Å². The van der Waals surface area contributed by atoms with E-state index >= 15 is 0 Å². The number of carbonyl (C=O) groups excluding carboxylic acids is 2. The van der Waals surface area contributed by atoms with Gasteiger partial charge in [-0.1, -0.05) is 17.7 Å². The van der Waals surface area contributed by atoms with Crippen LogP contribution in [0.3, 0.4) is 0 Å². The van der Waals surface area contributed by atoms with Gasteiger partial charge < -0.3 is 15.5 Å². The van der Waals surface area contributed by atoms with Crippen molar-refractivity contribution in [2.45, 2.75) is 19.8 Å². The van der Waals surface area contributed by atoms with Crippen LogP contribution < -0.4 is 10.6 Å². The van der Waals surface area contributed by atoms with Crippen LogP contribution >= 0.6 is 11.6 Å². The summed E-state index contributed by atoms with van der Waals surface area (Å²) in [7, 11) is 4.00. The second kappa shape index (κ2) is 7.79. The van der Waals surface area contributed by atoms with Gasteiger partial charge in [0.2, 0.25) is 11.8 Å². The van der Waals surface area contributed by atoms with E-state index in [2.05, 4.69) is 15.5 Å². The second-order valence-corrected chi connectivity index (χ2v) is 6.78. The summed E-state index contributed by atoms with van der Waals surface area (Å²) in [6, 6.07) is 5.38. The highest BCUT2D eigenvalue weighted by Crippen LogP contribution is 2.39. The van der Waals surface area contributed by atoms with Gasteiger partial charge in [-0.05, 0) is 58.1 Å². The van der Waals surface area contributed by atoms with Crippen molar-refractivity contribution < 1.29 is 9.59 Å². The van der Waals surface area contributed by atoms with Crippen LogP contribution in [0.4, 0.5) is 5.69 Å². The van der Waals surface area contributed by atoms with Crippen molar-refractivity contribution in [1.82, 2.24) is 10.2 Å². The van der Waals surface area contributed by atoms with Gasteiger partial charge in [0, 0.05) is 17.3 Å². The molecule has 2 unspecified atom stereocenters. The number of nitrogens with zero attached hydrogens (tertiary/aromatic N) is 1. The molecule has 0 aromatic heterocycles. The zero-order valence-corrected chi connectivity index (χ0v) is 14.6. The van der Waals surface area contributed by atoms with Gasteiger partial charge >= 0.3 is 0 Å². The Bertz CT molecular complexity index is 589. The molecule has 23 heavy (non-hydrogen) atoms. The second-order valence-electron chi connectivity index (χ2n) is 6.35.